The summed E-state index contributed by atoms with van der Waals surface area (Å²) in [6.45, 7) is 0.462. The Morgan fingerprint density at radius 2 is 2.09 bits per heavy atom. The number of amides is 1. The largest absolute Gasteiger partial charge is 0.542 e. The van der Waals surface area contributed by atoms with Gasteiger partial charge in [-0.2, -0.15) is 0 Å². The highest BCUT2D eigenvalue weighted by Crippen LogP contribution is 2.09. The van der Waals surface area contributed by atoms with Gasteiger partial charge < -0.3 is 20.0 Å². The minimum Gasteiger partial charge on any atom is -0.542 e. The molecule has 0 unspecified atom stereocenters. The Labute approximate surface area is 131 Å². The van der Waals surface area contributed by atoms with Gasteiger partial charge in [0.15, 0.2) is 0 Å². The van der Waals surface area contributed by atoms with E-state index in [0.717, 1.165) is 16.9 Å². The molecule has 0 atom stereocenters. The Bertz CT molecular complexity index is 667. The Kier molecular flexibility index (Phi) is 5.67. The highest BCUT2D eigenvalue weighted by atomic mass is 32.1. The van der Waals surface area contributed by atoms with E-state index in [1.807, 2.05) is 30.3 Å². The van der Waals surface area contributed by atoms with E-state index in [1.165, 1.54) is 0 Å². The van der Waals surface area contributed by atoms with Crippen molar-refractivity contribution in [2.24, 2.45) is 0 Å². The van der Waals surface area contributed by atoms with E-state index >= 15 is 0 Å². The van der Waals surface area contributed by atoms with Crippen LogP contribution in [0.15, 0.2) is 41.8 Å². The summed E-state index contributed by atoms with van der Waals surface area (Å²) in [6, 6.07) is 9.36. The zero-order valence-corrected chi connectivity index (χ0v) is 12.3. The maximum atomic E-state index is 11.5. The third-order valence-corrected chi connectivity index (χ3v) is 3.40. The van der Waals surface area contributed by atoms with Gasteiger partial charge in [0.2, 0.25) is 0 Å². The van der Waals surface area contributed by atoms with Crippen molar-refractivity contribution in [3.63, 3.8) is 0 Å². The van der Waals surface area contributed by atoms with Gasteiger partial charge in [-0.1, -0.05) is 36.4 Å². The smallest absolute Gasteiger partial charge is 0.407 e. The van der Waals surface area contributed by atoms with Crippen molar-refractivity contribution >= 4 is 29.5 Å². The molecule has 22 heavy (non-hydrogen) atoms. The number of carbonyl (C=O) groups excluding carboxylic acids is 2. The lowest BCUT2D eigenvalue weighted by molar-refractivity contribution is -0.255. The molecule has 0 aliphatic heterocycles. The zero-order chi connectivity index (χ0) is 15.8. The maximum absolute atomic E-state index is 11.5. The third kappa shape index (κ3) is 5.02. The highest BCUT2D eigenvalue weighted by molar-refractivity contribution is 7.11. The van der Waals surface area contributed by atoms with Crippen LogP contribution in [0, 0.1) is 0 Å². The van der Waals surface area contributed by atoms with Crippen molar-refractivity contribution in [3.8, 4) is 0 Å². The van der Waals surface area contributed by atoms with E-state index in [0.29, 0.717) is 5.69 Å². The molecule has 2 rings (SSSR count). The molecule has 1 aromatic carbocycles. The van der Waals surface area contributed by atoms with Crippen molar-refractivity contribution in [3.05, 3.63) is 58.1 Å². The van der Waals surface area contributed by atoms with Crippen LogP contribution >= 0.6 is 11.3 Å². The second-order valence-electron chi connectivity index (χ2n) is 4.21. The Morgan fingerprint density at radius 3 is 2.77 bits per heavy atom. The average molecular weight is 317 g/mol. The number of carbonyl (C=O) groups is 2. The second-order valence-corrected chi connectivity index (χ2v) is 5.07. The van der Waals surface area contributed by atoms with Crippen LogP contribution in [-0.2, 0) is 11.3 Å². The van der Waals surface area contributed by atoms with Crippen LogP contribution in [0.1, 0.15) is 21.1 Å². The first-order valence-corrected chi connectivity index (χ1v) is 7.31. The number of rotatable bonds is 6. The first-order chi connectivity index (χ1) is 10.6. The fraction of sp³-hybridized carbons (Fsp3) is 0.133. The summed E-state index contributed by atoms with van der Waals surface area (Å²) in [5, 5.41) is 14.6. The quantitative estimate of drug-likeness (QED) is 0.870. The van der Waals surface area contributed by atoms with Crippen LogP contribution in [-0.4, -0.2) is 23.6 Å². The zero-order valence-electron chi connectivity index (χ0n) is 11.5. The number of benzene rings is 1. The number of carboxylic acids is 1. The Balaban J connectivity index is 1.70. The van der Waals surface area contributed by atoms with E-state index in [9.17, 15) is 14.7 Å². The summed E-state index contributed by atoms with van der Waals surface area (Å²) in [6.07, 6.45) is 2.74. The molecule has 0 saturated carbocycles. The summed E-state index contributed by atoms with van der Waals surface area (Å²) >= 11 is 0.991. The molecular formula is C15H13N2O4S-. The standard InChI is InChI=1S/C15H14N2O4S/c18-14(19)13-17-12(10-22-13)7-4-8-16-15(20)21-9-11-5-2-1-3-6-11/h1-7,10H,8-9H2,(H,16,20)(H,18,19)/p-1. The molecule has 0 spiro atoms. The molecule has 0 radical (unpaired) electrons. The Morgan fingerprint density at radius 1 is 1.32 bits per heavy atom. The number of ether oxygens (including phenoxy) is 1. The van der Waals surface area contributed by atoms with Crippen molar-refractivity contribution < 1.29 is 19.4 Å². The van der Waals surface area contributed by atoms with Crippen LogP contribution in [0.3, 0.4) is 0 Å². The number of aromatic nitrogens is 1. The minimum absolute atomic E-state index is 0.0742. The molecule has 1 amide bonds. The molecule has 0 saturated heterocycles. The second kappa shape index (κ2) is 7.94. The van der Waals surface area contributed by atoms with Gasteiger partial charge in [-0.05, 0) is 11.6 Å². The van der Waals surface area contributed by atoms with Gasteiger partial charge in [-0.25, -0.2) is 9.78 Å². The molecule has 2 aromatic rings. The number of hydrogen-bond acceptors (Lipinski definition) is 6. The lowest BCUT2D eigenvalue weighted by Gasteiger charge is -2.04. The van der Waals surface area contributed by atoms with Crippen molar-refractivity contribution in [2.75, 3.05) is 6.54 Å². The molecule has 0 aliphatic carbocycles. The molecule has 114 valence electrons. The molecule has 0 aliphatic rings. The van der Waals surface area contributed by atoms with E-state index in [-0.39, 0.29) is 18.2 Å². The number of carboxylic acid groups (broad SMARTS) is 1. The number of nitrogens with one attached hydrogen (secondary N) is 1. The molecular weight excluding hydrogens is 304 g/mol. The minimum atomic E-state index is -1.30. The summed E-state index contributed by atoms with van der Waals surface area (Å²) in [5.41, 5.74) is 1.41. The predicted molar refractivity (Wildman–Crippen MR) is 80.1 cm³/mol. The van der Waals surface area contributed by atoms with Crippen LogP contribution in [0.4, 0.5) is 4.79 Å². The molecule has 6 nitrogen and oxygen atoms in total. The first kappa shape index (κ1) is 15.7. The molecule has 1 aromatic heterocycles. The molecule has 0 fully saturated rings. The SMILES string of the molecule is O=C(NCC=Cc1csc(C(=O)[O-])n1)OCc1ccccc1. The number of aromatic carboxylic acids is 1. The lowest BCUT2D eigenvalue weighted by atomic mass is 10.2. The van der Waals surface area contributed by atoms with Crippen LogP contribution in [0.5, 0.6) is 0 Å². The number of thiazole rings is 1. The number of nitrogens with zero attached hydrogens (tertiary/aromatic N) is 1. The van der Waals surface area contributed by atoms with Crippen molar-refractivity contribution in [1.82, 2.24) is 10.3 Å². The van der Waals surface area contributed by atoms with E-state index < -0.39 is 12.1 Å². The highest BCUT2D eigenvalue weighted by Gasteiger charge is 2.01. The fourth-order valence-corrected chi connectivity index (χ4v) is 2.17. The molecule has 7 heteroatoms. The maximum Gasteiger partial charge on any atom is 0.407 e. The van der Waals surface area contributed by atoms with Crippen LogP contribution < -0.4 is 10.4 Å². The average Bonchev–Trinajstić information content (AvgIpc) is 3.00. The predicted octanol–water partition coefficient (Wildman–Crippen LogP) is 1.45. The van der Waals surface area contributed by atoms with Gasteiger partial charge in [0.1, 0.15) is 17.6 Å². The molecule has 0 bridgehead atoms. The first-order valence-electron chi connectivity index (χ1n) is 6.43. The fourth-order valence-electron chi connectivity index (χ4n) is 1.55. The normalized spacial score (nSPS) is 10.5. The Hall–Kier alpha value is -2.67. The van der Waals surface area contributed by atoms with Gasteiger partial charge in [0.25, 0.3) is 0 Å². The van der Waals surface area contributed by atoms with Crippen molar-refractivity contribution in [2.45, 2.75) is 6.61 Å². The monoisotopic (exact) mass is 317 g/mol. The number of hydrogen-bond donors (Lipinski definition) is 1. The molecule has 1 N–H and O–H groups in total. The lowest BCUT2D eigenvalue weighted by Crippen LogP contribution is -2.24. The summed E-state index contributed by atoms with van der Waals surface area (Å²) < 4.78 is 5.03. The van der Waals surface area contributed by atoms with E-state index in [1.54, 1.807) is 17.5 Å². The topological polar surface area (TPSA) is 91.4 Å². The summed E-state index contributed by atoms with van der Waals surface area (Å²) in [7, 11) is 0. The van der Waals surface area contributed by atoms with Crippen LogP contribution in [0.25, 0.3) is 6.08 Å². The number of alkyl carbamates (subject to hydrolysis) is 1. The van der Waals surface area contributed by atoms with Crippen molar-refractivity contribution in [1.29, 1.82) is 0 Å². The third-order valence-electron chi connectivity index (χ3n) is 2.56. The van der Waals surface area contributed by atoms with E-state index in [4.69, 9.17) is 4.74 Å². The molecule has 1 heterocycles. The van der Waals surface area contributed by atoms with Gasteiger partial charge in [0, 0.05) is 11.9 Å². The summed E-state index contributed by atoms with van der Waals surface area (Å²) in [5.74, 6) is -1.30. The van der Waals surface area contributed by atoms with Gasteiger partial charge in [0.05, 0.1) is 5.69 Å². The van der Waals surface area contributed by atoms with E-state index in [2.05, 4.69) is 10.3 Å². The van der Waals surface area contributed by atoms with Gasteiger partial charge in [-0.15, -0.1) is 11.3 Å². The van der Waals surface area contributed by atoms with Crippen LogP contribution in [0.2, 0.25) is 0 Å². The van der Waals surface area contributed by atoms with Gasteiger partial charge >= 0.3 is 6.09 Å². The summed E-state index contributed by atoms with van der Waals surface area (Å²) in [4.78, 5) is 25.8. The van der Waals surface area contributed by atoms with Gasteiger partial charge in [-0.3, -0.25) is 0 Å².